The Morgan fingerprint density at radius 3 is 2.46 bits per heavy atom. The van der Waals surface area contributed by atoms with Gasteiger partial charge in [0.05, 0.1) is 11.6 Å². The predicted molar refractivity (Wildman–Crippen MR) is 94.4 cm³/mol. The van der Waals surface area contributed by atoms with Gasteiger partial charge in [-0.15, -0.1) is 0 Å². The highest BCUT2D eigenvalue weighted by molar-refractivity contribution is 9.10. The van der Waals surface area contributed by atoms with Crippen LogP contribution < -0.4 is 21.9 Å². The fraction of sp³-hybridized carbons (Fsp3) is 0.312. The SMILES string of the molecule is CCn1c2c(c(=O)n(CC)c1=O)C(c1cccc(Br)c1)NC(=O)N2. The highest BCUT2D eigenvalue weighted by Crippen LogP contribution is 2.29. The summed E-state index contributed by atoms with van der Waals surface area (Å²) in [6, 6.07) is 6.32. The van der Waals surface area contributed by atoms with E-state index in [-0.39, 0.29) is 17.9 Å². The smallest absolute Gasteiger partial charge is 0.327 e. The van der Waals surface area contributed by atoms with Crippen molar-refractivity contribution < 1.29 is 4.79 Å². The third kappa shape index (κ3) is 2.56. The Hall–Kier alpha value is -2.35. The van der Waals surface area contributed by atoms with E-state index in [1.54, 1.807) is 13.8 Å². The number of aromatic nitrogens is 2. The van der Waals surface area contributed by atoms with Crippen LogP contribution in [0.4, 0.5) is 10.6 Å². The maximum Gasteiger partial charge on any atom is 0.332 e. The van der Waals surface area contributed by atoms with Gasteiger partial charge < -0.3 is 5.32 Å². The first-order chi connectivity index (χ1) is 11.5. The molecule has 1 aromatic heterocycles. The average molecular weight is 393 g/mol. The Bertz CT molecular complexity index is 932. The van der Waals surface area contributed by atoms with Crippen LogP contribution in [0.25, 0.3) is 0 Å². The summed E-state index contributed by atoms with van der Waals surface area (Å²) in [7, 11) is 0. The van der Waals surface area contributed by atoms with Crippen LogP contribution in [0.15, 0.2) is 38.3 Å². The normalized spacial score (nSPS) is 16.3. The number of nitrogens with zero attached hydrogens (tertiary/aromatic N) is 2. The molecule has 1 aliphatic heterocycles. The zero-order chi connectivity index (χ0) is 17.4. The zero-order valence-electron chi connectivity index (χ0n) is 13.3. The summed E-state index contributed by atoms with van der Waals surface area (Å²) in [6.45, 7) is 4.17. The molecular weight excluding hydrogens is 376 g/mol. The number of benzene rings is 1. The van der Waals surface area contributed by atoms with Crippen molar-refractivity contribution in [1.29, 1.82) is 0 Å². The van der Waals surface area contributed by atoms with Crippen molar-refractivity contribution in [2.75, 3.05) is 5.32 Å². The van der Waals surface area contributed by atoms with Crippen molar-refractivity contribution in [3.8, 4) is 0 Å². The molecule has 24 heavy (non-hydrogen) atoms. The fourth-order valence-corrected chi connectivity index (χ4v) is 3.39. The van der Waals surface area contributed by atoms with Crippen molar-refractivity contribution in [1.82, 2.24) is 14.5 Å². The zero-order valence-corrected chi connectivity index (χ0v) is 14.9. The van der Waals surface area contributed by atoms with E-state index in [2.05, 4.69) is 26.6 Å². The molecule has 0 aliphatic carbocycles. The summed E-state index contributed by atoms with van der Waals surface area (Å²) in [4.78, 5) is 37.4. The highest BCUT2D eigenvalue weighted by atomic mass is 79.9. The molecule has 2 aromatic rings. The van der Waals surface area contributed by atoms with E-state index < -0.39 is 17.8 Å². The van der Waals surface area contributed by atoms with Gasteiger partial charge in [-0.05, 0) is 31.5 Å². The molecule has 3 rings (SSSR count). The standard InChI is InChI=1S/C16H17BrN4O3/c1-3-20-13-11(14(22)21(4-2)16(20)24)12(18-15(23)19-13)9-6-5-7-10(17)8-9/h5-8,12H,3-4H2,1-2H3,(H2,18,19,23). The van der Waals surface area contributed by atoms with Gasteiger partial charge >= 0.3 is 11.7 Å². The lowest BCUT2D eigenvalue weighted by molar-refractivity contribution is 0.248. The lowest BCUT2D eigenvalue weighted by atomic mass is 9.98. The van der Waals surface area contributed by atoms with Crippen molar-refractivity contribution in [2.24, 2.45) is 0 Å². The predicted octanol–water partition coefficient (Wildman–Crippen LogP) is 2.04. The number of amides is 2. The molecule has 0 radical (unpaired) electrons. The molecule has 2 heterocycles. The second-order valence-electron chi connectivity index (χ2n) is 5.43. The van der Waals surface area contributed by atoms with Gasteiger partial charge in [0.15, 0.2) is 0 Å². The number of hydrogen-bond acceptors (Lipinski definition) is 3. The molecule has 7 nitrogen and oxygen atoms in total. The van der Waals surface area contributed by atoms with Crippen LogP contribution in [0.3, 0.4) is 0 Å². The van der Waals surface area contributed by atoms with E-state index in [4.69, 9.17) is 0 Å². The van der Waals surface area contributed by atoms with E-state index in [9.17, 15) is 14.4 Å². The minimum absolute atomic E-state index is 0.268. The van der Waals surface area contributed by atoms with Crippen LogP contribution >= 0.6 is 15.9 Å². The number of carbonyl (C=O) groups excluding carboxylic acids is 1. The van der Waals surface area contributed by atoms with Crippen molar-refractivity contribution in [2.45, 2.75) is 33.0 Å². The third-order valence-corrected chi connectivity index (χ3v) is 4.57. The topological polar surface area (TPSA) is 85.1 Å². The van der Waals surface area contributed by atoms with E-state index in [0.717, 1.165) is 10.0 Å². The summed E-state index contributed by atoms with van der Waals surface area (Å²) >= 11 is 3.40. The molecular formula is C16H17BrN4O3. The fourth-order valence-electron chi connectivity index (χ4n) is 2.97. The molecule has 2 N–H and O–H groups in total. The van der Waals surface area contributed by atoms with Crippen LogP contribution in [0.1, 0.15) is 31.0 Å². The van der Waals surface area contributed by atoms with Gasteiger partial charge in [0.2, 0.25) is 0 Å². The van der Waals surface area contributed by atoms with Crippen molar-refractivity contribution in [3.63, 3.8) is 0 Å². The molecule has 1 unspecified atom stereocenters. The molecule has 1 aromatic carbocycles. The first-order valence-electron chi connectivity index (χ1n) is 7.68. The van der Waals surface area contributed by atoms with Crippen molar-refractivity contribution >= 4 is 27.8 Å². The van der Waals surface area contributed by atoms with E-state index >= 15 is 0 Å². The van der Waals surface area contributed by atoms with Crippen molar-refractivity contribution in [3.05, 3.63) is 60.7 Å². The quantitative estimate of drug-likeness (QED) is 0.837. The largest absolute Gasteiger partial charge is 0.332 e. The first kappa shape index (κ1) is 16.5. The summed E-state index contributed by atoms with van der Waals surface area (Å²) in [5, 5.41) is 5.39. The van der Waals surface area contributed by atoms with E-state index in [1.807, 2.05) is 24.3 Å². The van der Waals surface area contributed by atoms with Gasteiger partial charge in [-0.2, -0.15) is 0 Å². The van der Waals surface area contributed by atoms with Gasteiger partial charge in [0.25, 0.3) is 5.56 Å². The molecule has 0 fully saturated rings. The number of carbonyl (C=O) groups is 1. The molecule has 126 valence electrons. The van der Waals surface area contributed by atoms with Gasteiger partial charge in [-0.3, -0.25) is 19.2 Å². The minimum Gasteiger partial charge on any atom is -0.327 e. The third-order valence-electron chi connectivity index (χ3n) is 4.07. The second kappa shape index (κ2) is 6.27. The van der Waals surface area contributed by atoms with E-state index in [0.29, 0.717) is 12.1 Å². The maximum absolute atomic E-state index is 12.9. The van der Waals surface area contributed by atoms with Gasteiger partial charge in [-0.1, -0.05) is 28.1 Å². The summed E-state index contributed by atoms with van der Waals surface area (Å²) in [5.74, 6) is 0.269. The Kier molecular flexibility index (Phi) is 4.31. The number of anilines is 1. The molecule has 0 saturated carbocycles. The molecule has 1 atom stereocenters. The van der Waals surface area contributed by atoms with Crippen LogP contribution in [0.5, 0.6) is 0 Å². The lowest BCUT2D eigenvalue weighted by Crippen LogP contribution is -2.50. The van der Waals surface area contributed by atoms with Gasteiger partial charge in [0, 0.05) is 17.6 Å². The molecule has 0 spiro atoms. The second-order valence-corrected chi connectivity index (χ2v) is 6.34. The van der Waals surface area contributed by atoms with Gasteiger partial charge in [0.1, 0.15) is 5.82 Å². The Morgan fingerprint density at radius 2 is 1.83 bits per heavy atom. The number of rotatable bonds is 3. The summed E-state index contributed by atoms with van der Waals surface area (Å²) in [6.07, 6.45) is 0. The molecule has 0 bridgehead atoms. The summed E-state index contributed by atoms with van der Waals surface area (Å²) in [5.41, 5.74) is 0.330. The number of nitrogens with one attached hydrogen (secondary N) is 2. The average Bonchev–Trinajstić information content (AvgIpc) is 2.55. The number of fused-ring (bicyclic) bond motifs is 1. The molecule has 2 amide bonds. The Morgan fingerprint density at radius 1 is 1.12 bits per heavy atom. The van der Waals surface area contributed by atoms with Crippen LogP contribution in [0, 0.1) is 0 Å². The number of hydrogen-bond donors (Lipinski definition) is 2. The monoisotopic (exact) mass is 392 g/mol. The summed E-state index contributed by atoms with van der Waals surface area (Å²) < 4.78 is 3.45. The number of halogens is 1. The maximum atomic E-state index is 12.9. The molecule has 1 aliphatic rings. The van der Waals surface area contributed by atoms with Crippen LogP contribution in [-0.2, 0) is 13.1 Å². The highest BCUT2D eigenvalue weighted by Gasteiger charge is 2.32. The Balaban J connectivity index is 2.35. The van der Waals surface area contributed by atoms with E-state index in [1.165, 1.54) is 9.13 Å². The first-order valence-corrected chi connectivity index (χ1v) is 8.47. The van der Waals surface area contributed by atoms with Crippen LogP contribution in [-0.4, -0.2) is 15.2 Å². The van der Waals surface area contributed by atoms with Gasteiger partial charge in [-0.25, -0.2) is 9.59 Å². The Labute approximate surface area is 146 Å². The minimum atomic E-state index is -0.616. The lowest BCUT2D eigenvalue weighted by Gasteiger charge is -2.29. The molecule has 8 heteroatoms. The molecule has 0 saturated heterocycles. The van der Waals surface area contributed by atoms with Crippen LogP contribution in [0.2, 0.25) is 0 Å². The number of urea groups is 1.